The second-order valence-electron chi connectivity index (χ2n) is 4.29. The first-order chi connectivity index (χ1) is 6.88. The van der Waals surface area contributed by atoms with Gasteiger partial charge in [-0.2, -0.15) is 0 Å². The highest BCUT2D eigenvalue weighted by molar-refractivity contribution is 6.18. The summed E-state index contributed by atoms with van der Waals surface area (Å²) in [7, 11) is 0. The molecular formula is C11H17ClN2. The number of nitrogens with one attached hydrogen (secondary N) is 1. The lowest BCUT2D eigenvalue weighted by Gasteiger charge is -2.27. The van der Waals surface area contributed by atoms with E-state index in [1.54, 1.807) is 0 Å². The molecular weight excluding hydrogens is 196 g/mol. The van der Waals surface area contributed by atoms with Gasteiger partial charge in [-0.05, 0) is 31.1 Å². The molecule has 0 aliphatic heterocycles. The average Bonchev–Trinajstić information content (AvgIpc) is 2.71. The standard InChI is InChI=1S/C11H17ClN2/c12-8-10-3-1-2-9(6-10)7-11-13-4-5-14-11/h4-5,9-10H,1-3,6-8H2,(H,13,14). The molecule has 0 radical (unpaired) electrons. The van der Waals surface area contributed by atoms with Gasteiger partial charge in [-0.1, -0.05) is 6.42 Å². The van der Waals surface area contributed by atoms with E-state index in [2.05, 4.69) is 9.97 Å². The molecule has 0 bridgehead atoms. The summed E-state index contributed by atoms with van der Waals surface area (Å²) in [4.78, 5) is 7.45. The predicted molar refractivity (Wildman–Crippen MR) is 58.5 cm³/mol. The molecule has 2 atom stereocenters. The molecule has 78 valence electrons. The van der Waals surface area contributed by atoms with Gasteiger partial charge in [0.05, 0.1) is 0 Å². The van der Waals surface area contributed by atoms with Crippen molar-refractivity contribution in [1.82, 2.24) is 9.97 Å². The van der Waals surface area contributed by atoms with Crippen molar-refractivity contribution in [3.8, 4) is 0 Å². The van der Waals surface area contributed by atoms with Crippen LogP contribution in [-0.4, -0.2) is 15.8 Å². The van der Waals surface area contributed by atoms with Gasteiger partial charge in [0.25, 0.3) is 0 Å². The van der Waals surface area contributed by atoms with E-state index in [4.69, 9.17) is 11.6 Å². The molecule has 2 nitrogen and oxygen atoms in total. The van der Waals surface area contributed by atoms with Gasteiger partial charge in [-0.3, -0.25) is 0 Å². The molecule has 2 unspecified atom stereocenters. The largest absolute Gasteiger partial charge is 0.349 e. The second kappa shape index (κ2) is 4.83. The lowest BCUT2D eigenvalue weighted by atomic mass is 9.80. The zero-order chi connectivity index (χ0) is 9.80. The van der Waals surface area contributed by atoms with Crippen molar-refractivity contribution in [1.29, 1.82) is 0 Å². The number of alkyl halides is 1. The Hall–Kier alpha value is -0.500. The summed E-state index contributed by atoms with van der Waals surface area (Å²) in [6.07, 6.45) is 10.1. The first-order valence-electron chi connectivity index (χ1n) is 5.42. The van der Waals surface area contributed by atoms with Crippen LogP contribution < -0.4 is 0 Å². The van der Waals surface area contributed by atoms with Gasteiger partial charge >= 0.3 is 0 Å². The van der Waals surface area contributed by atoms with Gasteiger partial charge in [0.1, 0.15) is 5.82 Å². The molecule has 1 aromatic rings. The summed E-state index contributed by atoms with van der Waals surface area (Å²) >= 11 is 5.90. The maximum absolute atomic E-state index is 5.90. The average molecular weight is 213 g/mol. The molecule has 0 amide bonds. The van der Waals surface area contributed by atoms with E-state index < -0.39 is 0 Å². The fourth-order valence-electron chi connectivity index (χ4n) is 2.41. The van der Waals surface area contributed by atoms with Crippen molar-refractivity contribution < 1.29 is 0 Å². The highest BCUT2D eigenvalue weighted by Crippen LogP contribution is 2.31. The third kappa shape index (κ3) is 2.50. The van der Waals surface area contributed by atoms with Crippen molar-refractivity contribution in [2.24, 2.45) is 11.8 Å². The zero-order valence-corrected chi connectivity index (χ0v) is 9.13. The Balaban J connectivity index is 1.86. The number of imidazole rings is 1. The Morgan fingerprint density at radius 2 is 2.29 bits per heavy atom. The number of H-pyrrole nitrogens is 1. The number of hydrogen-bond donors (Lipinski definition) is 1. The van der Waals surface area contributed by atoms with Crippen molar-refractivity contribution in [3.63, 3.8) is 0 Å². The monoisotopic (exact) mass is 212 g/mol. The minimum absolute atomic E-state index is 0.741. The summed E-state index contributed by atoms with van der Waals surface area (Å²) in [5.74, 6) is 3.49. The van der Waals surface area contributed by atoms with Gasteiger partial charge in [0, 0.05) is 24.7 Å². The molecule has 1 heterocycles. The summed E-state index contributed by atoms with van der Waals surface area (Å²) in [5.41, 5.74) is 0. The fraction of sp³-hybridized carbons (Fsp3) is 0.727. The number of halogens is 1. The lowest BCUT2D eigenvalue weighted by molar-refractivity contribution is 0.281. The van der Waals surface area contributed by atoms with Crippen LogP contribution in [0, 0.1) is 11.8 Å². The first kappa shape index (κ1) is 10.0. The minimum Gasteiger partial charge on any atom is -0.349 e. The molecule has 1 aliphatic rings. The summed E-state index contributed by atoms with van der Waals surface area (Å²) in [6, 6.07) is 0. The third-order valence-corrected chi connectivity index (χ3v) is 3.58. The Kier molecular flexibility index (Phi) is 3.46. The summed E-state index contributed by atoms with van der Waals surface area (Å²) in [6.45, 7) is 0. The van der Waals surface area contributed by atoms with Crippen LogP contribution in [0.15, 0.2) is 12.4 Å². The first-order valence-corrected chi connectivity index (χ1v) is 5.96. The normalized spacial score (nSPS) is 27.8. The summed E-state index contributed by atoms with van der Waals surface area (Å²) in [5, 5.41) is 0. The van der Waals surface area contributed by atoms with E-state index >= 15 is 0 Å². The number of aromatic nitrogens is 2. The van der Waals surface area contributed by atoms with E-state index in [1.807, 2.05) is 12.4 Å². The summed E-state index contributed by atoms with van der Waals surface area (Å²) < 4.78 is 0. The van der Waals surface area contributed by atoms with E-state index in [0.717, 1.165) is 30.0 Å². The van der Waals surface area contributed by atoms with E-state index in [1.165, 1.54) is 25.7 Å². The molecule has 1 fully saturated rings. The van der Waals surface area contributed by atoms with Crippen LogP contribution in [0.3, 0.4) is 0 Å². The Morgan fingerprint density at radius 3 is 3.00 bits per heavy atom. The predicted octanol–water partition coefficient (Wildman–Crippen LogP) is 3.00. The van der Waals surface area contributed by atoms with Gasteiger partial charge in [-0.25, -0.2) is 4.98 Å². The fourth-order valence-corrected chi connectivity index (χ4v) is 2.69. The van der Waals surface area contributed by atoms with Crippen LogP contribution in [0.25, 0.3) is 0 Å². The van der Waals surface area contributed by atoms with Gasteiger partial charge < -0.3 is 4.98 Å². The third-order valence-electron chi connectivity index (χ3n) is 3.15. The smallest absolute Gasteiger partial charge is 0.106 e. The van der Waals surface area contributed by atoms with E-state index in [-0.39, 0.29) is 0 Å². The van der Waals surface area contributed by atoms with Crippen LogP contribution in [0.5, 0.6) is 0 Å². The Morgan fingerprint density at radius 1 is 1.43 bits per heavy atom. The molecule has 3 heteroatoms. The number of rotatable bonds is 3. The lowest BCUT2D eigenvalue weighted by Crippen LogP contribution is -2.18. The maximum atomic E-state index is 5.90. The quantitative estimate of drug-likeness (QED) is 0.767. The molecule has 2 rings (SSSR count). The molecule has 0 spiro atoms. The Bertz CT molecular complexity index is 258. The molecule has 1 N–H and O–H groups in total. The van der Waals surface area contributed by atoms with E-state index in [9.17, 15) is 0 Å². The zero-order valence-electron chi connectivity index (χ0n) is 8.38. The molecule has 0 aromatic carbocycles. The van der Waals surface area contributed by atoms with Crippen molar-refractivity contribution >= 4 is 11.6 Å². The van der Waals surface area contributed by atoms with Crippen molar-refractivity contribution in [3.05, 3.63) is 18.2 Å². The molecule has 1 aromatic heterocycles. The number of hydrogen-bond acceptors (Lipinski definition) is 1. The number of nitrogens with zero attached hydrogens (tertiary/aromatic N) is 1. The topological polar surface area (TPSA) is 28.7 Å². The van der Waals surface area contributed by atoms with Crippen LogP contribution in [0.2, 0.25) is 0 Å². The van der Waals surface area contributed by atoms with Gasteiger partial charge in [-0.15, -0.1) is 11.6 Å². The maximum Gasteiger partial charge on any atom is 0.106 e. The highest BCUT2D eigenvalue weighted by atomic mass is 35.5. The minimum atomic E-state index is 0.741. The molecule has 1 aliphatic carbocycles. The molecule has 14 heavy (non-hydrogen) atoms. The highest BCUT2D eigenvalue weighted by Gasteiger charge is 2.21. The van der Waals surface area contributed by atoms with Crippen molar-refractivity contribution in [2.45, 2.75) is 32.1 Å². The second-order valence-corrected chi connectivity index (χ2v) is 4.60. The van der Waals surface area contributed by atoms with Crippen LogP contribution in [0.4, 0.5) is 0 Å². The van der Waals surface area contributed by atoms with Gasteiger partial charge in [0.15, 0.2) is 0 Å². The Labute approximate surface area is 90.1 Å². The number of aromatic amines is 1. The van der Waals surface area contributed by atoms with Crippen LogP contribution >= 0.6 is 11.6 Å². The molecule has 1 saturated carbocycles. The van der Waals surface area contributed by atoms with Crippen molar-refractivity contribution in [2.75, 3.05) is 5.88 Å². The SMILES string of the molecule is ClCC1CCCC(Cc2ncc[nH]2)C1. The molecule has 0 saturated heterocycles. The van der Waals surface area contributed by atoms with Crippen LogP contribution in [-0.2, 0) is 6.42 Å². The van der Waals surface area contributed by atoms with E-state index in [0.29, 0.717) is 0 Å². The van der Waals surface area contributed by atoms with Gasteiger partial charge in [0.2, 0.25) is 0 Å². The van der Waals surface area contributed by atoms with Crippen LogP contribution in [0.1, 0.15) is 31.5 Å².